The van der Waals surface area contributed by atoms with Crippen molar-refractivity contribution in [2.45, 2.75) is 18.4 Å². The van der Waals surface area contributed by atoms with Crippen molar-refractivity contribution in [3.63, 3.8) is 0 Å². The van der Waals surface area contributed by atoms with Crippen molar-refractivity contribution < 1.29 is 4.74 Å². The van der Waals surface area contributed by atoms with Gasteiger partial charge in [-0.3, -0.25) is 4.98 Å². The average molecular weight is 243 g/mol. The van der Waals surface area contributed by atoms with Gasteiger partial charge in [0.2, 0.25) is 0 Å². The molecule has 0 radical (unpaired) electrons. The molecule has 1 aliphatic rings. The van der Waals surface area contributed by atoms with Gasteiger partial charge in [-0.2, -0.15) is 0 Å². The zero-order valence-corrected chi connectivity index (χ0v) is 8.75. The fourth-order valence-corrected chi connectivity index (χ4v) is 1.35. The number of halogens is 1. The molecule has 0 amide bonds. The molecule has 4 heteroatoms. The smallest absolute Gasteiger partial charge is 0.138 e. The SMILES string of the molecule is NC1(COc2cncc(Br)c2)CC1. The number of rotatable bonds is 3. The predicted octanol–water partition coefficient (Wildman–Crippen LogP) is 1.71. The first-order chi connectivity index (χ1) is 6.18. The highest BCUT2D eigenvalue weighted by molar-refractivity contribution is 9.10. The third-order valence-corrected chi connectivity index (χ3v) is 2.53. The molecule has 0 bridgehead atoms. The van der Waals surface area contributed by atoms with Crippen LogP contribution in [0.5, 0.6) is 5.75 Å². The number of hydrogen-bond acceptors (Lipinski definition) is 3. The summed E-state index contributed by atoms with van der Waals surface area (Å²) in [5, 5.41) is 0. The fourth-order valence-electron chi connectivity index (χ4n) is 1.00. The molecule has 0 aromatic carbocycles. The van der Waals surface area contributed by atoms with Gasteiger partial charge >= 0.3 is 0 Å². The van der Waals surface area contributed by atoms with Crippen molar-refractivity contribution >= 4 is 15.9 Å². The van der Waals surface area contributed by atoms with Crippen molar-refractivity contribution in [2.24, 2.45) is 5.73 Å². The first-order valence-electron chi connectivity index (χ1n) is 4.20. The fraction of sp³-hybridized carbons (Fsp3) is 0.444. The summed E-state index contributed by atoms with van der Waals surface area (Å²) in [7, 11) is 0. The van der Waals surface area contributed by atoms with E-state index < -0.39 is 0 Å². The van der Waals surface area contributed by atoms with Crippen LogP contribution in [0.1, 0.15) is 12.8 Å². The van der Waals surface area contributed by atoms with Crippen LogP contribution in [0.4, 0.5) is 0 Å². The van der Waals surface area contributed by atoms with Crippen LogP contribution in [0.15, 0.2) is 22.9 Å². The summed E-state index contributed by atoms with van der Waals surface area (Å²) in [5.41, 5.74) is 5.81. The first kappa shape index (κ1) is 8.97. The van der Waals surface area contributed by atoms with Gasteiger partial charge in [0.25, 0.3) is 0 Å². The largest absolute Gasteiger partial charge is 0.490 e. The Bertz CT molecular complexity index is 312. The quantitative estimate of drug-likeness (QED) is 0.879. The van der Waals surface area contributed by atoms with Crippen molar-refractivity contribution in [3.05, 3.63) is 22.9 Å². The molecule has 3 nitrogen and oxygen atoms in total. The second-order valence-electron chi connectivity index (χ2n) is 3.49. The number of hydrogen-bond donors (Lipinski definition) is 1. The van der Waals surface area contributed by atoms with Crippen LogP contribution < -0.4 is 10.5 Å². The normalized spacial score (nSPS) is 18.3. The summed E-state index contributed by atoms with van der Waals surface area (Å²) in [6.07, 6.45) is 5.54. The van der Waals surface area contributed by atoms with E-state index in [0.717, 1.165) is 23.1 Å². The van der Waals surface area contributed by atoms with Gasteiger partial charge in [0, 0.05) is 10.7 Å². The Balaban J connectivity index is 1.94. The summed E-state index contributed by atoms with van der Waals surface area (Å²) in [5.74, 6) is 0.770. The van der Waals surface area contributed by atoms with Gasteiger partial charge in [0.15, 0.2) is 0 Å². The van der Waals surface area contributed by atoms with Crippen molar-refractivity contribution in [1.29, 1.82) is 0 Å². The van der Waals surface area contributed by atoms with E-state index >= 15 is 0 Å². The molecule has 0 atom stereocenters. The molecular formula is C9H11BrN2O. The molecule has 1 heterocycles. The van der Waals surface area contributed by atoms with Crippen LogP contribution in [0, 0.1) is 0 Å². The molecule has 0 unspecified atom stereocenters. The molecule has 1 aromatic heterocycles. The minimum absolute atomic E-state index is 0.0671. The van der Waals surface area contributed by atoms with Gasteiger partial charge in [-0.05, 0) is 34.8 Å². The van der Waals surface area contributed by atoms with Crippen LogP contribution in [-0.2, 0) is 0 Å². The molecule has 13 heavy (non-hydrogen) atoms. The Morgan fingerprint density at radius 3 is 2.92 bits per heavy atom. The molecule has 1 aliphatic carbocycles. The molecule has 1 aromatic rings. The van der Waals surface area contributed by atoms with Crippen LogP contribution >= 0.6 is 15.9 Å². The summed E-state index contributed by atoms with van der Waals surface area (Å²) in [6.45, 7) is 0.588. The van der Waals surface area contributed by atoms with Crippen molar-refractivity contribution in [3.8, 4) is 5.75 Å². The lowest BCUT2D eigenvalue weighted by Crippen LogP contribution is -2.29. The van der Waals surface area contributed by atoms with Gasteiger partial charge in [0.1, 0.15) is 12.4 Å². The number of nitrogens with zero attached hydrogens (tertiary/aromatic N) is 1. The molecule has 0 spiro atoms. The molecule has 0 aliphatic heterocycles. The number of nitrogens with two attached hydrogens (primary N) is 1. The van der Waals surface area contributed by atoms with Gasteiger partial charge in [-0.15, -0.1) is 0 Å². The van der Waals surface area contributed by atoms with E-state index in [4.69, 9.17) is 10.5 Å². The zero-order chi connectivity index (χ0) is 9.31. The third-order valence-electron chi connectivity index (χ3n) is 2.10. The highest BCUT2D eigenvalue weighted by Crippen LogP contribution is 2.32. The van der Waals surface area contributed by atoms with E-state index in [1.165, 1.54) is 0 Å². The average Bonchev–Trinajstić information content (AvgIpc) is 2.82. The Morgan fingerprint density at radius 1 is 1.54 bits per heavy atom. The minimum atomic E-state index is -0.0671. The Morgan fingerprint density at radius 2 is 2.31 bits per heavy atom. The first-order valence-corrected chi connectivity index (χ1v) is 5.00. The monoisotopic (exact) mass is 242 g/mol. The maximum absolute atomic E-state index is 5.88. The van der Waals surface area contributed by atoms with Gasteiger partial charge in [-0.25, -0.2) is 0 Å². The Kier molecular flexibility index (Phi) is 2.26. The second kappa shape index (κ2) is 3.27. The van der Waals surface area contributed by atoms with Crippen molar-refractivity contribution in [2.75, 3.05) is 6.61 Å². The molecule has 2 N–H and O–H groups in total. The van der Waals surface area contributed by atoms with Crippen molar-refractivity contribution in [1.82, 2.24) is 4.98 Å². The molecule has 70 valence electrons. The zero-order valence-electron chi connectivity index (χ0n) is 7.16. The highest BCUT2D eigenvalue weighted by Gasteiger charge is 2.39. The summed E-state index contributed by atoms with van der Waals surface area (Å²) in [4.78, 5) is 3.99. The van der Waals surface area contributed by atoms with E-state index in [0.29, 0.717) is 6.61 Å². The summed E-state index contributed by atoms with van der Waals surface area (Å²) >= 11 is 3.32. The van der Waals surface area contributed by atoms with Crippen LogP contribution in [0.2, 0.25) is 0 Å². The van der Waals surface area contributed by atoms with E-state index in [1.807, 2.05) is 6.07 Å². The maximum atomic E-state index is 5.88. The maximum Gasteiger partial charge on any atom is 0.138 e. The van der Waals surface area contributed by atoms with Crippen LogP contribution in [-0.4, -0.2) is 17.1 Å². The lowest BCUT2D eigenvalue weighted by atomic mass is 10.3. The number of pyridine rings is 1. The lowest BCUT2D eigenvalue weighted by molar-refractivity contribution is 0.278. The van der Waals surface area contributed by atoms with Crippen LogP contribution in [0.25, 0.3) is 0 Å². The van der Waals surface area contributed by atoms with E-state index in [2.05, 4.69) is 20.9 Å². The van der Waals surface area contributed by atoms with Gasteiger partial charge < -0.3 is 10.5 Å². The van der Waals surface area contributed by atoms with E-state index in [-0.39, 0.29) is 5.54 Å². The minimum Gasteiger partial charge on any atom is -0.490 e. The predicted molar refractivity (Wildman–Crippen MR) is 53.6 cm³/mol. The second-order valence-corrected chi connectivity index (χ2v) is 4.41. The standard InChI is InChI=1S/C9H11BrN2O/c10-7-3-8(5-12-4-7)13-6-9(11)1-2-9/h3-5H,1-2,6,11H2. The topological polar surface area (TPSA) is 48.1 Å². The lowest BCUT2D eigenvalue weighted by Gasteiger charge is -2.10. The molecule has 1 saturated carbocycles. The molecule has 0 saturated heterocycles. The molecule has 1 fully saturated rings. The van der Waals surface area contributed by atoms with Gasteiger partial charge in [0.05, 0.1) is 11.7 Å². The highest BCUT2D eigenvalue weighted by atomic mass is 79.9. The third kappa shape index (κ3) is 2.42. The number of aromatic nitrogens is 1. The summed E-state index contributed by atoms with van der Waals surface area (Å²) in [6, 6.07) is 1.89. The Hall–Kier alpha value is -0.610. The molecule has 2 rings (SSSR count). The van der Waals surface area contributed by atoms with Gasteiger partial charge in [-0.1, -0.05) is 0 Å². The Labute approximate surface area is 85.4 Å². The number of ether oxygens (including phenoxy) is 1. The summed E-state index contributed by atoms with van der Waals surface area (Å²) < 4.78 is 6.42. The van der Waals surface area contributed by atoms with Crippen LogP contribution in [0.3, 0.4) is 0 Å². The van der Waals surface area contributed by atoms with E-state index in [1.54, 1.807) is 12.4 Å². The molecular weight excluding hydrogens is 232 g/mol. The van der Waals surface area contributed by atoms with E-state index in [9.17, 15) is 0 Å².